The van der Waals surface area contributed by atoms with Crippen molar-refractivity contribution >= 4 is 57.8 Å². The summed E-state index contributed by atoms with van der Waals surface area (Å²) in [6.07, 6.45) is -13.3. The quantitative estimate of drug-likeness (QED) is 0.0275. The summed E-state index contributed by atoms with van der Waals surface area (Å²) in [5.41, 5.74) is 1.95. The third kappa shape index (κ3) is 23.4. The Balaban J connectivity index is 1.41. The zero-order chi connectivity index (χ0) is 77.4. The Bertz CT molecular complexity index is 3200. The smallest absolute Gasteiger partial charge is 0.462 e. The van der Waals surface area contributed by atoms with E-state index in [-0.39, 0.29) is 88.4 Å². The fourth-order valence-electron chi connectivity index (χ4n) is 13.2. The summed E-state index contributed by atoms with van der Waals surface area (Å²) in [5.74, 6) is -9.36. The summed E-state index contributed by atoms with van der Waals surface area (Å²) in [7, 11) is -7.86. The number of ether oxygens (including phenoxy) is 12. The number of phosphoric ester groups is 1. The molecule has 0 radical (unpaired) electrons. The molecule has 5 aliphatic rings. The van der Waals surface area contributed by atoms with Gasteiger partial charge < -0.3 is 71.9 Å². The molecular formula is C77H121N2O24PSi. The Labute approximate surface area is 622 Å². The monoisotopic (exact) mass is 1520 g/mol. The van der Waals surface area contributed by atoms with Gasteiger partial charge in [0, 0.05) is 38.0 Å². The van der Waals surface area contributed by atoms with Gasteiger partial charge in [0.1, 0.15) is 55.3 Å². The summed E-state index contributed by atoms with van der Waals surface area (Å²) >= 11 is 0. The molecule has 0 aromatic heterocycles. The average Bonchev–Trinajstić information content (AvgIpc) is 1.66. The number of nitrogens with one attached hydrogen (secondary N) is 2. The molecule has 105 heavy (non-hydrogen) atoms. The van der Waals surface area contributed by atoms with E-state index >= 15 is 14.2 Å². The number of benzene rings is 2. The standard InChI is InChI=1S/C77H121N2O24PSi/c1-20-47(10)36-63(84)97-68-50(13)57(95-73(103-105(18,19)75(14,15)46(8)9)65(68)78-59(80)38-54(23-4)93-61(82)25-6)44-88-72-66(79-60(81)39-55(24-5)94-62(83)26-7)71(98-64(85)37-48(11)21-2)70(102-104(87)91-42-52-34-30-31-35-53(52)43-92-104)58(96-72)45-90-77(74(86)89-41-51-32-28-27-29-33-51)40-56-69(100-76(16,17)99-56)67(101-77)49(12)22-3/h27-35,46-50,54-58,65-73H,20-26,36-45H2,1-19H3,(H,78,80)(H,79,81)/t47-,48-,49-,50-,54-,55-,56-,57?,58?,65?,66?,67?,68+,69-,70-,71-,72-,73+,77-/m1/s1. The lowest BCUT2D eigenvalue weighted by Crippen LogP contribution is -2.68. The molecule has 2 aromatic rings. The van der Waals surface area contributed by atoms with Crippen molar-refractivity contribution < 1.29 is 113 Å². The second-order valence-corrected chi connectivity index (χ2v) is 36.9. The van der Waals surface area contributed by atoms with Crippen LogP contribution in [0.3, 0.4) is 0 Å². The fourth-order valence-corrected chi connectivity index (χ4v) is 17.0. The molecule has 28 heteroatoms. The van der Waals surface area contributed by atoms with E-state index in [0.717, 1.165) is 0 Å². The number of esters is 5. The SMILES string of the molecule is CCC(=O)O[C@H](CC)CC(=O)NC1[C@H](O[Si](C)(C)C(C)(C)C(C)C)OC(CO[C@@H]2OC(CO[C@]3(C(=O)OCc4ccccc4)C[C@H]4OC(C)(C)O[C@H]4C([C@H](C)CC)O3)[C@@H](OP3(=O)OCc4ccccc4CO3)[C@H](OC(=O)C[C@H](C)CC)C2NC(=O)C[C@@H](CC)OC(=O)CC)[C@@H](C)[C@@H]1OC(=O)C[C@H](C)CC. The van der Waals surface area contributed by atoms with Crippen molar-refractivity contribution in [2.45, 2.75) is 330 Å². The fraction of sp³-hybridized carbons (Fsp3) is 0.753. The number of phosphoric acid groups is 1. The zero-order valence-corrected chi connectivity index (χ0v) is 67.3. The van der Waals surface area contributed by atoms with E-state index in [1.165, 1.54) is 0 Å². The van der Waals surface area contributed by atoms with Crippen LogP contribution >= 0.6 is 7.82 Å². The predicted octanol–water partition coefficient (Wildman–Crippen LogP) is 12.7. The van der Waals surface area contributed by atoms with E-state index in [4.69, 9.17) is 74.8 Å². The molecule has 592 valence electrons. The second kappa shape index (κ2) is 38.9. The summed E-state index contributed by atoms with van der Waals surface area (Å²) in [6, 6.07) is 13.4. The third-order valence-corrected chi connectivity index (χ3v) is 27.6. The van der Waals surface area contributed by atoms with Crippen LogP contribution in [0.5, 0.6) is 0 Å². The lowest BCUT2D eigenvalue weighted by Gasteiger charge is -2.51. The summed E-state index contributed by atoms with van der Waals surface area (Å²) in [4.78, 5) is 99.8. The van der Waals surface area contributed by atoms with E-state index in [1.54, 1.807) is 97.0 Å². The molecule has 0 bridgehead atoms. The molecule has 2 amide bonds. The van der Waals surface area contributed by atoms with Crippen LogP contribution in [-0.2, 0) is 133 Å². The number of carbonyl (C=O) groups excluding carboxylic acids is 7. The van der Waals surface area contributed by atoms with Crippen molar-refractivity contribution in [1.82, 2.24) is 10.6 Å². The highest BCUT2D eigenvalue weighted by Gasteiger charge is 2.62. The van der Waals surface area contributed by atoms with Crippen LogP contribution in [0.25, 0.3) is 0 Å². The van der Waals surface area contributed by atoms with E-state index in [1.807, 2.05) is 60.7 Å². The molecule has 2 N–H and O–H groups in total. The molecular weight excluding hydrogens is 1400 g/mol. The van der Waals surface area contributed by atoms with Gasteiger partial charge >= 0.3 is 37.7 Å². The van der Waals surface area contributed by atoms with Crippen LogP contribution in [0.1, 0.15) is 211 Å². The Morgan fingerprint density at radius 1 is 0.629 bits per heavy atom. The molecule has 4 fully saturated rings. The van der Waals surface area contributed by atoms with Gasteiger partial charge in [0.05, 0.1) is 57.6 Å². The molecule has 2 aromatic carbocycles. The van der Waals surface area contributed by atoms with Crippen molar-refractivity contribution in [1.29, 1.82) is 0 Å². The Hall–Kier alpha value is -5.26. The van der Waals surface area contributed by atoms with Gasteiger partial charge in [-0.2, -0.15) is 0 Å². The number of hydrogen-bond donors (Lipinski definition) is 2. The first-order valence-electron chi connectivity index (χ1n) is 38.1. The summed E-state index contributed by atoms with van der Waals surface area (Å²) in [5, 5.41) is 5.66. The van der Waals surface area contributed by atoms with E-state index in [9.17, 15) is 24.0 Å². The van der Waals surface area contributed by atoms with Crippen LogP contribution in [0.4, 0.5) is 0 Å². The van der Waals surface area contributed by atoms with Crippen LogP contribution in [0, 0.1) is 29.6 Å². The molecule has 5 unspecified atom stereocenters. The topological polar surface area (TPSA) is 308 Å². The second-order valence-electron chi connectivity index (χ2n) is 30.7. The first-order valence-corrected chi connectivity index (χ1v) is 42.4. The Kier molecular flexibility index (Phi) is 32.2. The predicted molar refractivity (Wildman–Crippen MR) is 388 cm³/mol. The van der Waals surface area contributed by atoms with Crippen molar-refractivity contribution in [3.63, 3.8) is 0 Å². The zero-order valence-electron chi connectivity index (χ0n) is 65.4. The number of hydrogen-bond acceptors (Lipinski definition) is 24. The summed E-state index contributed by atoms with van der Waals surface area (Å²) < 4.78 is 121. The number of rotatable bonds is 37. The van der Waals surface area contributed by atoms with Gasteiger partial charge in [0.15, 0.2) is 32.8 Å². The van der Waals surface area contributed by atoms with Crippen LogP contribution in [-0.4, -0.2) is 160 Å². The van der Waals surface area contributed by atoms with Crippen molar-refractivity contribution in [2.75, 3.05) is 13.2 Å². The maximum Gasteiger partial charge on any atom is 0.475 e. The van der Waals surface area contributed by atoms with E-state index in [2.05, 4.69) is 38.3 Å². The number of fused-ring (bicyclic) bond motifs is 2. The maximum absolute atomic E-state index is 15.6. The van der Waals surface area contributed by atoms with Gasteiger partial charge in [-0.3, -0.25) is 42.3 Å². The highest BCUT2D eigenvalue weighted by molar-refractivity contribution is 7.48. The van der Waals surface area contributed by atoms with Gasteiger partial charge in [-0.1, -0.05) is 178 Å². The highest BCUT2D eigenvalue weighted by Crippen LogP contribution is 2.56. The normalized spacial score (nSPS) is 28.7. The molecule has 19 atom stereocenters. The lowest BCUT2D eigenvalue weighted by atomic mass is 9.87. The molecule has 7 rings (SSSR count). The third-order valence-electron chi connectivity index (χ3n) is 21.7. The molecule has 0 saturated carbocycles. The van der Waals surface area contributed by atoms with Crippen molar-refractivity contribution in [2.24, 2.45) is 29.6 Å². The lowest BCUT2D eigenvalue weighted by molar-refractivity contribution is -0.331. The molecule has 0 aliphatic carbocycles. The van der Waals surface area contributed by atoms with Crippen LogP contribution in [0.2, 0.25) is 18.1 Å². The van der Waals surface area contributed by atoms with Crippen molar-refractivity contribution in [3.8, 4) is 0 Å². The van der Waals surface area contributed by atoms with E-state index < -0.39 is 186 Å². The number of carbonyl (C=O) groups is 7. The van der Waals surface area contributed by atoms with Gasteiger partial charge in [-0.25, -0.2) is 9.36 Å². The van der Waals surface area contributed by atoms with Gasteiger partial charge in [-0.05, 0) is 85.2 Å². The summed E-state index contributed by atoms with van der Waals surface area (Å²) in [6.45, 7) is 34.3. The van der Waals surface area contributed by atoms with E-state index in [0.29, 0.717) is 42.4 Å². The average molecular weight is 1520 g/mol. The number of amides is 2. The maximum atomic E-state index is 15.6. The van der Waals surface area contributed by atoms with Gasteiger partial charge in [-0.15, -0.1) is 0 Å². The largest absolute Gasteiger partial charge is 0.475 e. The Morgan fingerprint density at radius 2 is 1.15 bits per heavy atom. The minimum atomic E-state index is -4.85. The van der Waals surface area contributed by atoms with Gasteiger partial charge in [0.25, 0.3) is 5.79 Å². The molecule has 5 aliphatic heterocycles. The van der Waals surface area contributed by atoms with Crippen LogP contribution < -0.4 is 10.6 Å². The minimum Gasteiger partial charge on any atom is -0.462 e. The Morgan fingerprint density at radius 3 is 1.67 bits per heavy atom. The molecule has 5 heterocycles. The first kappa shape index (κ1) is 87.0. The van der Waals surface area contributed by atoms with Crippen molar-refractivity contribution in [3.05, 3.63) is 71.3 Å². The molecule has 0 spiro atoms. The minimum absolute atomic E-state index is 0.0229. The van der Waals surface area contributed by atoms with Gasteiger partial charge in [0.2, 0.25) is 11.8 Å². The highest BCUT2D eigenvalue weighted by atomic mass is 31.2. The molecule has 26 nitrogen and oxygen atoms in total. The molecule has 4 saturated heterocycles. The van der Waals surface area contributed by atoms with Crippen LogP contribution in [0.15, 0.2) is 54.6 Å². The first-order chi connectivity index (χ1) is 49.6.